The van der Waals surface area contributed by atoms with Crippen LogP contribution in [0.4, 0.5) is 11.6 Å². The summed E-state index contributed by atoms with van der Waals surface area (Å²) in [5, 5.41) is 5.59. The van der Waals surface area contributed by atoms with E-state index in [1.165, 1.54) is 6.33 Å². The van der Waals surface area contributed by atoms with Gasteiger partial charge in [0.1, 0.15) is 18.0 Å². The van der Waals surface area contributed by atoms with E-state index < -0.39 is 0 Å². The third-order valence-electron chi connectivity index (χ3n) is 2.14. The molecule has 0 radical (unpaired) electrons. The molecule has 5 N–H and O–H groups in total. The van der Waals surface area contributed by atoms with Crippen LogP contribution in [0, 0.1) is 6.92 Å². The van der Waals surface area contributed by atoms with Gasteiger partial charge in [-0.2, -0.15) is 0 Å². The highest BCUT2D eigenvalue weighted by molar-refractivity contribution is 5.76. The second-order valence-corrected chi connectivity index (χ2v) is 3.19. The van der Waals surface area contributed by atoms with Gasteiger partial charge in [-0.05, 0) is 6.92 Å². The van der Waals surface area contributed by atoms with E-state index in [4.69, 9.17) is 5.84 Å². The van der Waals surface area contributed by atoms with Crippen LogP contribution in [-0.4, -0.2) is 29.5 Å². The van der Waals surface area contributed by atoms with Crippen molar-refractivity contribution in [2.24, 2.45) is 5.84 Å². The highest BCUT2D eigenvalue weighted by atomic mass is 16.1. The van der Waals surface area contributed by atoms with Crippen LogP contribution in [0.3, 0.4) is 0 Å². The van der Waals surface area contributed by atoms with Crippen molar-refractivity contribution < 1.29 is 4.79 Å². The Labute approximate surface area is 93.8 Å². The van der Waals surface area contributed by atoms with Crippen LogP contribution in [0.1, 0.15) is 12.0 Å². The van der Waals surface area contributed by atoms with E-state index in [-0.39, 0.29) is 5.91 Å². The van der Waals surface area contributed by atoms with Gasteiger partial charge in [0.15, 0.2) is 0 Å². The lowest BCUT2D eigenvalue weighted by molar-refractivity contribution is -0.120. The molecule has 0 fully saturated rings. The summed E-state index contributed by atoms with van der Waals surface area (Å²) in [4.78, 5) is 19.0. The number of carbonyl (C=O) groups excluding carboxylic acids is 1. The molecule has 0 aromatic carbocycles. The highest BCUT2D eigenvalue weighted by Gasteiger charge is 2.05. The summed E-state index contributed by atoms with van der Waals surface area (Å²) in [7, 11) is 1.61. The number of aromatic nitrogens is 2. The molecule has 0 unspecified atom stereocenters. The molecule has 0 aliphatic rings. The van der Waals surface area contributed by atoms with E-state index in [2.05, 4.69) is 26.0 Å². The smallest absolute Gasteiger partial charge is 0.221 e. The summed E-state index contributed by atoms with van der Waals surface area (Å²) in [6.45, 7) is 2.36. The Morgan fingerprint density at radius 2 is 2.12 bits per heavy atom. The van der Waals surface area contributed by atoms with E-state index in [1.54, 1.807) is 7.05 Å². The molecule has 1 amide bonds. The normalized spacial score (nSPS) is 9.69. The molecule has 0 saturated carbocycles. The van der Waals surface area contributed by atoms with Crippen LogP contribution < -0.4 is 21.9 Å². The van der Waals surface area contributed by atoms with Gasteiger partial charge in [0.05, 0.1) is 0 Å². The number of nitrogens with two attached hydrogens (primary N) is 1. The fourth-order valence-corrected chi connectivity index (χ4v) is 1.19. The minimum atomic E-state index is -0.0172. The van der Waals surface area contributed by atoms with Gasteiger partial charge in [0, 0.05) is 25.6 Å². The van der Waals surface area contributed by atoms with Crippen LogP contribution in [0.5, 0.6) is 0 Å². The topological polar surface area (TPSA) is 105 Å². The second kappa shape index (κ2) is 5.86. The molecule has 1 aromatic heterocycles. The van der Waals surface area contributed by atoms with Gasteiger partial charge in [0.25, 0.3) is 0 Å². The van der Waals surface area contributed by atoms with Crippen molar-refractivity contribution in [2.75, 3.05) is 24.3 Å². The first-order chi connectivity index (χ1) is 7.69. The molecule has 0 aliphatic heterocycles. The standard InChI is InChI=1S/C9H16N6O/c1-6-8(12-4-3-7(16)11-2)13-5-14-9(6)15-10/h5H,3-4,10H2,1-2H3,(H,11,16)(H2,12,13,14,15). The van der Waals surface area contributed by atoms with E-state index in [1.807, 2.05) is 6.92 Å². The Kier molecular flexibility index (Phi) is 4.46. The number of carbonyl (C=O) groups is 1. The lowest BCUT2D eigenvalue weighted by Crippen LogP contribution is -2.21. The number of hydrogen-bond acceptors (Lipinski definition) is 6. The zero-order valence-electron chi connectivity index (χ0n) is 9.37. The average Bonchev–Trinajstić information content (AvgIpc) is 2.31. The number of anilines is 2. The van der Waals surface area contributed by atoms with E-state index in [0.29, 0.717) is 24.6 Å². The van der Waals surface area contributed by atoms with Crippen molar-refractivity contribution >= 4 is 17.5 Å². The lowest BCUT2D eigenvalue weighted by Gasteiger charge is -2.10. The van der Waals surface area contributed by atoms with Crippen molar-refractivity contribution in [1.29, 1.82) is 0 Å². The van der Waals surface area contributed by atoms with Crippen molar-refractivity contribution in [2.45, 2.75) is 13.3 Å². The van der Waals surface area contributed by atoms with Crippen LogP contribution in [0.25, 0.3) is 0 Å². The number of amides is 1. The van der Waals surface area contributed by atoms with E-state index in [9.17, 15) is 4.79 Å². The quantitative estimate of drug-likeness (QED) is 0.401. The molecule has 1 heterocycles. The van der Waals surface area contributed by atoms with Gasteiger partial charge in [0.2, 0.25) is 5.91 Å². The molecule has 0 bridgehead atoms. The summed E-state index contributed by atoms with van der Waals surface area (Å²) in [5.41, 5.74) is 3.30. The number of rotatable bonds is 5. The Balaban J connectivity index is 2.57. The van der Waals surface area contributed by atoms with Gasteiger partial charge in [-0.15, -0.1) is 0 Å². The first kappa shape index (κ1) is 12.2. The van der Waals surface area contributed by atoms with Crippen molar-refractivity contribution in [1.82, 2.24) is 15.3 Å². The Bertz CT molecular complexity index is 367. The van der Waals surface area contributed by atoms with Crippen LogP contribution in [0.2, 0.25) is 0 Å². The van der Waals surface area contributed by atoms with Crippen LogP contribution >= 0.6 is 0 Å². The van der Waals surface area contributed by atoms with Crippen molar-refractivity contribution in [3.8, 4) is 0 Å². The zero-order chi connectivity index (χ0) is 12.0. The third-order valence-corrected chi connectivity index (χ3v) is 2.14. The molecule has 1 aromatic rings. The Morgan fingerprint density at radius 1 is 1.44 bits per heavy atom. The van der Waals surface area contributed by atoms with Gasteiger partial charge >= 0.3 is 0 Å². The van der Waals surface area contributed by atoms with Gasteiger partial charge in [-0.3, -0.25) is 4.79 Å². The molecule has 0 aliphatic carbocycles. The van der Waals surface area contributed by atoms with Crippen LogP contribution in [0.15, 0.2) is 6.33 Å². The summed E-state index contributed by atoms with van der Waals surface area (Å²) in [6.07, 6.45) is 1.80. The predicted molar refractivity (Wildman–Crippen MR) is 61.8 cm³/mol. The predicted octanol–water partition coefficient (Wildman–Crippen LogP) is -0.381. The second-order valence-electron chi connectivity index (χ2n) is 3.19. The maximum absolute atomic E-state index is 11.0. The minimum Gasteiger partial charge on any atom is -0.369 e. The summed E-state index contributed by atoms with van der Waals surface area (Å²) in [6, 6.07) is 0. The monoisotopic (exact) mass is 224 g/mol. The largest absolute Gasteiger partial charge is 0.369 e. The first-order valence-corrected chi connectivity index (χ1v) is 4.91. The molecule has 0 saturated heterocycles. The number of hydrazine groups is 1. The molecule has 7 heteroatoms. The van der Waals surface area contributed by atoms with Crippen LogP contribution in [-0.2, 0) is 4.79 Å². The molecule has 7 nitrogen and oxygen atoms in total. The Morgan fingerprint density at radius 3 is 2.75 bits per heavy atom. The lowest BCUT2D eigenvalue weighted by atomic mass is 10.3. The number of nitrogen functional groups attached to an aromatic ring is 1. The van der Waals surface area contributed by atoms with Gasteiger partial charge < -0.3 is 16.1 Å². The summed E-state index contributed by atoms with van der Waals surface area (Å²) < 4.78 is 0. The Hall–Kier alpha value is -1.89. The molecule has 0 spiro atoms. The molecule has 16 heavy (non-hydrogen) atoms. The number of nitrogens with one attached hydrogen (secondary N) is 3. The summed E-state index contributed by atoms with van der Waals surface area (Å²) >= 11 is 0. The first-order valence-electron chi connectivity index (χ1n) is 4.91. The maximum atomic E-state index is 11.0. The highest BCUT2D eigenvalue weighted by Crippen LogP contribution is 2.16. The SMILES string of the molecule is CNC(=O)CCNc1ncnc(NN)c1C. The van der Waals surface area contributed by atoms with Gasteiger partial charge in [-0.25, -0.2) is 15.8 Å². The van der Waals surface area contributed by atoms with Gasteiger partial charge in [-0.1, -0.05) is 0 Å². The fourth-order valence-electron chi connectivity index (χ4n) is 1.19. The van der Waals surface area contributed by atoms with Crippen molar-refractivity contribution in [3.63, 3.8) is 0 Å². The molecule has 88 valence electrons. The maximum Gasteiger partial charge on any atom is 0.221 e. The summed E-state index contributed by atoms with van der Waals surface area (Å²) in [5.74, 6) is 6.51. The van der Waals surface area contributed by atoms with E-state index in [0.717, 1.165) is 5.56 Å². The van der Waals surface area contributed by atoms with E-state index >= 15 is 0 Å². The number of hydrogen-bond donors (Lipinski definition) is 4. The molecule has 1 rings (SSSR count). The minimum absolute atomic E-state index is 0.0172. The van der Waals surface area contributed by atoms with Crippen molar-refractivity contribution in [3.05, 3.63) is 11.9 Å². The molecule has 0 atom stereocenters. The molecular formula is C9H16N6O. The fraction of sp³-hybridized carbons (Fsp3) is 0.444. The zero-order valence-corrected chi connectivity index (χ0v) is 9.37. The third kappa shape index (κ3) is 3.06. The average molecular weight is 224 g/mol. The number of nitrogens with zero attached hydrogens (tertiary/aromatic N) is 2. The molecular weight excluding hydrogens is 208 g/mol.